The van der Waals surface area contributed by atoms with Crippen molar-refractivity contribution in [3.05, 3.63) is 48.2 Å². The maximum absolute atomic E-state index is 12.3. The molecule has 0 unspecified atom stereocenters. The highest BCUT2D eigenvalue weighted by Gasteiger charge is 2.48. The Morgan fingerprint density at radius 2 is 1.40 bits per heavy atom. The van der Waals surface area contributed by atoms with E-state index in [1.807, 2.05) is 38.2 Å². The summed E-state index contributed by atoms with van der Waals surface area (Å²) in [5.74, 6) is 1.01. The normalized spacial score (nSPS) is 12.7. The smallest absolute Gasteiger partial charge is 0.167 e. The van der Waals surface area contributed by atoms with Crippen molar-refractivity contribution < 1.29 is 9.21 Å². The number of hydrogen-bond donors (Lipinski definition) is 0. The number of nitrogens with zero attached hydrogens (tertiary/aromatic N) is 1. The zero-order valence-electron chi connectivity index (χ0n) is 19.6. The summed E-state index contributed by atoms with van der Waals surface area (Å²) in [4.78, 5) is 17.1. The van der Waals surface area contributed by atoms with E-state index >= 15 is 0 Å². The molecule has 4 heteroatoms. The summed E-state index contributed by atoms with van der Waals surface area (Å²) in [5, 5.41) is 2.17. The summed E-state index contributed by atoms with van der Waals surface area (Å²) in [6.07, 6.45) is 1.89. The number of benzene rings is 2. The molecular weight excluding hydrogens is 386 g/mol. The lowest BCUT2D eigenvalue weighted by Gasteiger charge is -2.39. The van der Waals surface area contributed by atoms with Crippen LogP contribution in [0.25, 0.3) is 22.1 Å². The van der Waals surface area contributed by atoms with Crippen LogP contribution in [0, 0.1) is 5.92 Å². The van der Waals surface area contributed by atoms with Crippen LogP contribution in [0.15, 0.2) is 47.0 Å². The summed E-state index contributed by atoms with van der Waals surface area (Å²) in [5.41, 5.74) is 4.43. The first-order valence-electron chi connectivity index (χ1n) is 11.1. The molecule has 2 aromatic carbocycles. The Morgan fingerprint density at radius 1 is 0.833 bits per heavy atom. The third-order valence-electron chi connectivity index (χ3n) is 6.68. The number of ketones is 1. The molecule has 1 aromatic heterocycles. The van der Waals surface area contributed by atoms with Gasteiger partial charge < -0.3 is 4.42 Å². The highest BCUT2D eigenvalue weighted by atomic mass is 28.3. The molecular formula is C26H35NO2Si. The van der Waals surface area contributed by atoms with E-state index in [1.54, 1.807) is 0 Å². The Labute approximate surface area is 181 Å². The third-order valence-corrected chi connectivity index (χ3v) is 13.4. The first-order chi connectivity index (χ1) is 14.1. The van der Waals surface area contributed by atoms with E-state index in [2.05, 4.69) is 59.7 Å². The molecule has 30 heavy (non-hydrogen) atoms. The second kappa shape index (κ2) is 8.50. The number of carbonyl (C=O) groups is 1. The highest BCUT2D eigenvalue weighted by Crippen LogP contribution is 2.41. The molecule has 0 fully saturated rings. The molecule has 3 aromatic rings. The molecule has 0 radical (unpaired) electrons. The average Bonchev–Trinajstić information content (AvgIpc) is 3.16. The van der Waals surface area contributed by atoms with Crippen molar-refractivity contribution in [2.75, 3.05) is 0 Å². The van der Waals surface area contributed by atoms with Gasteiger partial charge in [-0.2, -0.15) is 0 Å². The van der Waals surface area contributed by atoms with Gasteiger partial charge in [-0.15, -0.1) is 0 Å². The molecule has 0 saturated carbocycles. The first-order valence-corrected chi connectivity index (χ1v) is 13.4. The van der Waals surface area contributed by atoms with Crippen molar-refractivity contribution in [3.8, 4) is 11.3 Å². The quantitative estimate of drug-likeness (QED) is 0.299. The Balaban J connectivity index is 2.02. The fraction of sp³-hybridized carbons (Fsp3) is 0.462. The van der Waals surface area contributed by atoms with Gasteiger partial charge in [-0.05, 0) is 39.5 Å². The van der Waals surface area contributed by atoms with E-state index in [0.717, 1.165) is 33.2 Å². The molecule has 0 saturated heterocycles. The van der Waals surface area contributed by atoms with Crippen molar-refractivity contribution in [1.82, 2.24) is 4.98 Å². The van der Waals surface area contributed by atoms with E-state index < -0.39 is 8.07 Å². The van der Waals surface area contributed by atoms with E-state index in [0.29, 0.717) is 16.6 Å². The molecule has 0 aliphatic carbocycles. The molecule has 3 rings (SSSR count). The van der Waals surface area contributed by atoms with Gasteiger partial charge in [0, 0.05) is 17.0 Å². The minimum atomic E-state index is -1.92. The first kappa shape index (κ1) is 22.5. The number of aromatic nitrogens is 1. The van der Waals surface area contributed by atoms with Crippen LogP contribution in [0.4, 0.5) is 0 Å². The number of hydrogen-bond acceptors (Lipinski definition) is 3. The lowest BCUT2D eigenvalue weighted by molar-refractivity contribution is 0.0939. The number of rotatable bonds is 7. The highest BCUT2D eigenvalue weighted by molar-refractivity contribution is 6.93. The Hall–Kier alpha value is -2.20. The van der Waals surface area contributed by atoms with Crippen LogP contribution in [-0.4, -0.2) is 18.8 Å². The van der Waals surface area contributed by atoms with Gasteiger partial charge in [0.2, 0.25) is 0 Å². The summed E-state index contributed by atoms with van der Waals surface area (Å²) in [6.45, 7) is 17.8. The monoisotopic (exact) mass is 421 g/mol. The SMILES string of the molecule is CC(C)C(=O)c1ccc2cc(-c3cnc([Si](C(C)C)(C(C)C)C(C)C)o3)ccc2c1. The molecule has 0 aliphatic heterocycles. The molecule has 0 bridgehead atoms. The standard InChI is InChI=1S/C26H35NO2Si/c1-16(2)25(28)23-12-10-20-13-22(11-9-21(20)14-23)24-15-27-26(29-24)30(17(3)4,18(5)6)19(7)8/h9-19H,1-8H3. The fourth-order valence-corrected chi connectivity index (χ4v) is 11.3. The van der Waals surface area contributed by atoms with Gasteiger partial charge in [0.1, 0.15) is 0 Å². The van der Waals surface area contributed by atoms with Crippen molar-refractivity contribution in [2.24, 2.45) is 5.92 Å². The van der Waals surface area contributed by atoms with Gasteiger partial charge in [-0.1, -0.05) is 79.7 Å². The van der Waals surface area contributed by atoms with Crippen molar-refractivity contribution in [1.29, 1.82) is 0 Å². The van der Waals surface area contributed by atoms with Gasteiger partial charge in [0.25, 0.3) is 0 Å². The summed E-state index contributed by atoms with van der Waals surface area (Å²) < 4.78 is 6.46. The van der Waals surface area contributed by atoms with Crippen LogP contribution in [0.1, 0.15) is 65.7 Å². The minimum absolute atomic E-state index is 0.00152. The van der Waals surface area contributed by atoms with E-state index in [4.69, 9.17) is 9.40 Å². The van der Waals surface area contributed by atoms with E-state index in [9.17, 15) is 4.79 Å². The van der Waals surface area contributed by atoms with E-state index in [-0.39, 0.29) is 11.7 Å². The third kappa shape index (κ3) is 3.78. The maximum Gasteiger partial charge on any atom is 0.167 e. The van der Waals surface area contributed by atoms with Crippen LogP contribution < -0.4 is 5.51 Å². The predicted octanol–water partition coefficient (Wildman–Crippen LogP) is 7.22. The molecule has 1 heterocycles. The fourth-order valence-electron chi connectivity index (χ4n) is 5.23. The van der Waals surface area contributed by atoms with Crippen LogP contribution in [-0.2, 0) is 0 Å². The second-order valence-corrected chi connectivity index (χ2v) is 15.5. The maximum atomic E-state index is 12.3. The average molecular weight is 422 g/mol. The zero-order valence-corrected chi connectivity index (χ0v) is 20.6. The van der Waals surface area contributed by atoms with Crippen LogP contribution in [0.5, 0.6) is 0 Å². The Bertz CT molecular complexity index is 1020. The Morgan fingerprint density at radius 3 is 1.97 bits per heavy atom. The van der Waals surface area contributed by atoms with Gasteiger partial charge in [0.15, 0.2) is 25.1 Å². The molecule has 0 aliphatic rings. The van der Waals surface area contributed by atoms with E-state index in [1.165, 1.54) is 0 Å². The summed E-state index contributed by atoms with van der Waals surface area (Å²) in [7, 11) is -1.92. The lowest BCUT2D eigenvalue weighted by Crippen LogP contribution is -2.56. The van der Waals surface area contributed by atoms with Gasteiger partial charge >= 0.3 is 0 Å². The predicted molar refractivity (Wildman–Crippen MR) is 129 cm³/mol. The zero-order chi connectivity index (χ0) is 22.2. The molecule has 0 N–H and O–H groups in total. The van der Waals surface area contributed by atoms with Crippen molar-refractivity contribution in [2.45, 2.75) is 72.0 Å². The largest absolute Gasteiger partial charge is 0.446 e. The molecule has 0 atom stereocenters. The lowest BCUT2D eigenvalue weighted by atomic mass is 9.97. The number of carbonyl (C=O) groups excluding carboxylic acids is 1. The molecule has 0 spiro atoms. The molecule has 160 valence electrons. The topological polar surface area (TPSA) is 43.1 Å². The van der Waals surface area contributed by atoms with Crippen LogP contribution in [0.3, 0.4) is 0 Å². The van der Waals surface area contributed by atoms with Gasteiger partial charge in [-0.3, -0.25) is 4.79 Å². The van der Waals surface area contributed by atoms with Gasteiger partial charge in [-0.25, -0.2) is 4.98 Å². The van der Waals surface area contributed by atoms with Crippen molar-refractivity contribution >= 4 is 30.1 Å². The van der Waals surface area contributed by atoms with Crippen LogP contribution in [0.2, 0.25) is 16.6 Å². The van der Waals surface area contributed by atoms with Gasteiger partial charge in [0.05, 0.1) is 6.20 Å². The van der Waals surface area contributed by atoms with Crippen LogP contribution >= 0.6 is 0 Å². The molecule has 0 amide bonds. The summed E-state index contributed by atoms with van der Waals surface area (Å²) in [6, 6.07) is 12.2. The molecule has 3 nitrogen and oxygen atoms in total. The van der Waals surface area contributed by atoms with Crippen molar-refractivity contribution in [3.63, 3.8) is 0 Å². The number of oxazole rings is 1. The minimum Gasteiger partial charge on any atom is -0.446 e. The number of fused-ring (bicyclic) bond motifs is 1. The summed E-state index contributed by atoms with van der Waals surface area (Å²) >= 11 is 0. The second-order valence-electron chi connectivity index (χ2n) is 9.72. The Kier molecular flexibility index (Phi) is 6.37. The number of Topliss-reactive ketones (excluding diaryl/α,β-unsaturated/α-hetero) is 1.